The largest absolute Gasteiger partial charge is 0.340 e. The molecule has 2 rings (SSSR count). The topological polar surface area (TPSA) is 29.9 Å². The van der Waals surface area contributed by atoms with Crippen molar-refractivity contribution in [3.8, 4) is 0 Å². The first-order valence-corrected chi connectivity index (χ1v) is 4.62. The van der Waals surface area contributed by atoms with Crippen LogP contribution < -0.4 is 5.32 Å². The molecule has 0 aliphatic carbocycles. The summed E-state index contributed by atoms with van der Waals surface area (Å²) in [7, 11) is 1.93. The zero-order valence-electron chi connectivity index (χ0n) is 7.74. The van der Waals surface area contributed by atoms with E-state index in [-0.39, 0.29) is 0 Å². The Hall–Kier alpha value is -1.48. The minimum atomic E-state index is 0.720. The van der Waals surface area contributed by atoms with Crippen LogP contribution in [0, 0.1) is 0 Å². The number of anilines is 2. The lowest BCUT2D eigenvalue weighted by Crippen LogP contribution is -1.96. The van der Waals surface area contributed by atoms with E-state index in [1.54, 1.807) is 12.5 Å². The second kappa shape index (κ2) is 3.72. The molecule has 0 aliphatic heterocycles. The van der Waals surface area contributed by atoms with Gasteiger partial charge in [0.1, 0.15) is 5.82 Å². The summed E-state index contributed by atoms with van der Waals surface area (Å²) in [6, 6.07) is 7.57. The van der Waals surface area contributed by atoms with Crippen molar-refractivity contribution in [3.63, 3.8) is 0 Å². The van der Waals surface area contributed by atoms with E-state index in [0.717, 1.165) is 16.5 Å². The summed E-state index contributed by atoms with van der Waals surface area (Å²) in [4.78, 5) is 4.01. The van der Waals surface area contributed by atoms with Crippen molar-refractivity contribution in [1.29, 1.82) is 0 Å². The molecule has 0 aliphatic rings. The normalized spacial score (nSPS) is 10.1. The van der Waals surface area contributed by atoms with Gasteiger partial charge in [0.15, 0.2) is 0 Å². The molecular formula is C10H10ClN3. The van der Waals surface area contributed by atoms with Crippen LogP contribution in [-0.2, 0) is 7.05 Å². The quantitative estimate of drug-likeness (QED) is 0.821. The van der Waals surface area contributed by atoms with Crippen LogP contribution in [0.2, 0.25) is 5.02 Å². The van der Waals surface area contributed by atoms with Gasteiger partial charge in [0.25, 0.3) is 0 Å². The number of nitrogens with zero attached hydrogens (tertiary/aromatic N) is 2. The SMILES string of the molecule is Cn1cncc1Nc1cccc(Cl)c1. The second-order valence-corrected chi connectivity index (χ2v) is 3.46. The molecule has 72 valence electrons. The molecular weight excluding hydrogens is 198 g/mol. The molecule has 0 unspecified atom stereocenters. The molecule has 0 amide bonds. The van der Waals surface area contributed by atoms with Crippen LogP contribution in [0.25, 0.3) is 0 Å². The molecule has 14 heavy (non-hydrogen) atoms. The monoisotopic (exact) mass is 207 g/mol. The van der Waals surface area contributed by atoms with Crippen molar-refractivity contribution in [1.82, 2.24) is 9.55 Å². The van der Waals surface area contributed by atoms with E-state index >= 15 is 0 Å². The highest BCUT2D eigenvalue weighted by Gasteiger charge is 1.98. The predicted octanol–water partition coefficient (Wildman–Crippen LogP) is 2.82. The van der Waals surface area contributed by atoms with E-state index < -0.39 is 0 Å². The smallest absolute Gasteiger partial charge is 0.130 e. The van der Waals surface area contributed by atoms with Gasteiger partial charge >= 0.3 is 0 Å². The Labute approximate surface area is 87.3 Å². The Bertz CT molecular complexity index is 436. The number of rotatable bonds is 2. The molecule has 0 atom stereocenters. The predicted molar refractivity (Wildman–Crippen MR) is 57.9 cm³/mol. The van der Waals surface area contributed by atoms with Crippen LogP contribution in [0.4, 0.5) is 11.5 Å². The molecule has 0 saturated heterocycles. The highest BCUT2D eigenvalue weighted by molar-refractivity contribution is 6.30. The Morgan fingerprint density at radius 2 is 2.29 bits per heavy atom. The average molecular weight is 208 g/mol. The van der Waals surface area contributed by atoms with Crippen LogP contribution in [0.3, 0.4) is 0 Å². The minimum Gasteiger partial charge on any atom is -0.340 e. The first-order chi connectivity index (χ1) is 6.75. The lowest BCUT2D eigenvalue weighted by Gasteiger charge is -2.06. The Kier molecular flexibility index (Phi) is 2.41. The van der Waals surface area contributed by atoms with E-state index in [1.165, 1.54) is 0 Å². The number of imidazole rings is 1. The number of aryl methyl sites for hydroxylation is 1. The molecule has 0 bridgehead atoms. The average Bonchev–Trinajstić information content (AvgIpc) is 2.52. The van der Waals surface area contributed by atoms with Gasteiger partial charge in [-0.1, -0.05) is 17.7 Å². The zero-order chi connectivity index (χ0) is 9.97. The first-order valence-electron chi connectivity index (χ1n) is 4.24. The number of benzene rings is 1. The van der Waals surface area contributed by atoms with Gasteiger partial charge in [0.05, 0.1) is 12.5 Å². The molecule has 4 heteroatoms. The van der Waals surface area contributed by atoms with Crippen LogP contribution in [0.1, 0.15) is 0 Å². The molecule has 1 heterocycles. The summed E-state index contributed by atoms with van der Waals surface area (Å²) in [5.74, 6) is 0.937. The summed E-state index contributed by atoms with van der Waals surface area (Å²) in [6.45, 7) is 0. The molecule has 3 nitrogen and oxygen atoms in total. The van der Waals surface area contributed by atoms with Gasteiger partial charge in [-0.15, -0.1) is 0 Å². The summed E-state index contributed by atoms with van der Waals surface area (Å²) in [6.07, 6.45) is 3.51. The summed E-state index contributed by atoms with van der Waals surface area (Å²) >= 11 is 5.86. The Balaban J connectivity index is 2.23. The number of aromatic nitrogens is 2. The lowest BCUT2D eigenvalue weighted by atomic mass is 10.3. The Morgan fingerprint density at radius 3 is 2.93 bits per heavy atom. The summed E-state index contributed by atoms with van der Waals surface area (Å²) < 4.78 is 1.90. The zero-order valence-corrected chi connectivity index (χ0v) is 8.49. The number of hydrogen-bond acceptors (Lipinski definition) is 2. The van der Waals surface area contributed by atoms with E-state index in [1.807, 2.05) is 35.9 Å². The third-order valence-electron chi connectivity index (χ3n) is 1.91. The van der Waals surface area contributed by atoms with Crippen LogP contribution >= 0.6 is 11.6 Å². The molecule has 0 radical (unpaired) electrons. The first kappa shape index (κ1) is 9.09. The second-order valence-electron chi connectivity index (χ2n) is 3.03. The van der Waals surface area contributed by atoms with Gasteiger partial charge in [0, 0.05) is 17.8 Å². The molecule has 0 fully saturated rings. The molecule has 1 N–H and O–H groups in total. The highest BCUT2D eigenvalue weighted by Crippen LogP contribution is 2.18. The van der Waals surface area contributed by atoms with Gasteiger partial charge in [-0.05, 0) is 18.2 Å². The van der Waals surface area contributed by atoms with Gasteiger partial charge in [0.2, 0.25) is 0 Å². The molecule has 0 saturated carbocycles. The van der Waals surface area contributed by atoms with Crippen LogP contribution in [0.5, 0.6) is 0 Å². The highest BCUT2D eigenvalue weighted by atomic mass is 35.5. The van der Waals surface area contributed by atoms with Gasteiger partial charge < -0.3 is 9.88 Å². The van der Waals surface area contributed by atoms with E-state index in [0.29, 0.717) is 0 Å². The van der Waals surface area contributed by atoms with E-state index in [4.69, 9.17) is 11.6 Å². The maximum atomic E-state index is 5.86. The summed E-state index contributed by atoms with van der Waals surface area (Å²) in [5, 5.41) is 3.93. The third-order valence-corrected chi connectivity index (χ3v) is 2.15. The maximum Gasteiger partial charge on any atom is 0.130 e. The number of hydrogen-bond donors (Lipinski definition) is 1. The van der Waals surface area contributed by atoms with Crippen molar-refractivity contribution in [2.75, 3.05) is 5.32 Å². The molecule has 2 aromatic rings. The van der Waals surface area contributed by atoms with Crippen LogP contribution in [-0.4, -0.2) is 9.55 Å². The van der Waals surface area contributed by atoms with Crippen molar-refractivity contribution >= 4 is 23.1 Å². The fraction of sp³-hybridized carbons (Fsp3) is 0.100. The number of halogens is 1. The molecule has 0 spiro atoms. The van der Waals surface area contributed by atoms with Crippen molar-refractivity contribution < 1.29 is 0 Å². The fourth-order valence-electron chi connectivity index (χ4n) is 1.19. The lowest BCUT2D eigenvalue weighted by molar-refractivity contribution is 0.921. The van der Waals surface area contributed by atoms with Gasteiger partial charge in [-0.2, -0.15) is 0 Å². The standard InChI is InChI=1S/C10H10ClN3/c1-14-7-12-6-10(14)13-9-4-2-3-8(11)5-9/h2-7,13H,1H3. The van der Waals surface area contributed by atoms with Crippen molar-refractivity contribution in [3.05, 3.63) is 41.8 Å². The van der Waals surface area contributed by atoms with Gasteiger partial charge in [-0.3, -0.25) is 0 Å². The van der Waals surface area contributed by atoms with E-state index in [9.17, 15) is 0 Å². The van der Waals surface area contributed by atoms with Gasteiger partial charge in [-0.25, -0.2) is 4.98 Å². The maximum absolute atomic E-state index is 5.86. The van der Waals surface area contributed by atoms with Crippen molar-refractivity contribution in [2.45, 2.75) is 0 Å². The Morgan fingerprint density at radius 1 is 1.43 bits per heavy atom. The number of nitrogens with one attached hydrogen (secondary N) is 1. The summed E-state index contributed by atoms with van der Waals surface area (Å²) in [5.41, 5.74) is 0.959. The van der Waals surface area contributed by atoms with E-state index in [2.05, 4.69) is 10.3 Å². The fourth-order valence-corrected chi connectivity index (χ4v) is 1.38. The minimum absolute atomic E-state index is 0.720. The van der Waals surface area contributed by atoms with Crippen LogP contribution in [0.15, 0.2) is 36.8 Å². The molecule has 1 aromatic heterocycles. The molecule has 1 aromatic carbocycles. The van der Waals surface area contributed by atoms with Crippen molar-refractivity contribution in [2.24, 2.45) is 7.05 Å². The third kappa shape index (κ3) is 1.88.